The molecule has 1 amide bonds. The van der Waals surface area contributed by atoms with Crippen molar-refractivity contribution in [1.82, 2.24) is 10.3 Å². The van der Waals surface area contributed by atoms with Gasteiger partial charge in [0, 0.05) is 23.0 Å². The molecular formula is C19H22N2O4. The van der Waals surface area contributed by atoms with Gasteiger partial charge < -0.3 is 15.0 Å². The highest BCUT2D eigenvalue weighted by Gasteiger charge is 2.23. The zero-order valence-corrected chi connectivity index (χ0v) is 14.2. The highest BCUT2D eigenvalue weighted by molar-refractivity contribution is 6.03. The Morgan fingerprint density at radius 1 is 1.24 bits per heavy atom. The molecule has 2 N–H and O–H groups in total. The van der Waals surface area contributed by atoms with E-state index in [1.807, 2.05) is 0 Å². The predicted molar refractivity (Wildman–Crippen MR) is 94.4 cm³/mol. The largest absolute Gasteiger partial charge is 0.452 e. The second-order valence-corrected chi connectivity index (χ2v) is 6.60. The maximum Gasteiger partial charge on any atom is 0.339 e. The number of hydrogen-bond donors (Lipinski definition) is 2. The number of H-pyrrole nitrogens is 1. The molecule has 0 bridgehead atoms. The minimum atomic E-state index is -0.672. The average molecular weight is 342 g/mol. The first-order chi connectivity index (χ1) is 12.0. The van der Waals surface area contributed by atoms with Gasteiger partial charge in [-0.25, -0.2) is 4.79 Å². The summed E-state index contributed by atoms with van der Waals surface area (Å²) in [4.78, 5) is 38.8. The molecule has 3 rings (SSSR count). The smallest absolute Gasteiger partial charge is 0.339 e. The fourth-order valence-corrected chi connectivity index (χ4v) is 3.36. The summed E-state index contributed by atoms with van der Waals surface area (Å²) in [7, 11) is 0. The first kappa shape index (κ1) is 17.2. The van der Waals surface area contributed by atoms with Gasteiger partial charge in [-0.3, -0.25) is 9.59 Å². The summed E-state index contributed by atoms with van der Waals surface area (Å²) >= 11 is 0. The molecule has 132 valence electrons. The van der Waals surface area contributed by atoms with Gasteiger partial charge in [0.25, 0.3) is 5.91 Å². The molecule has 0 aliphatic heterocycles. The molecule has 1 heterocycles. The van der Waals surface area contributed by atoms with Crippen molar-refractivity contribution < 1.29 is 14.3 Å². The number of ether oxygens (including phenoxy) is 1. The van der Waals surface area contributed by atoms with Crippen LogP contribution in [0.5, 0.6) is 0 Å². The van der Waals surface area contributed by atoms with Crippen molar-refractivity contribution in [2.75, 3.05) is 6.61 Å². The third-order valence-corrected chi connectivity index (χ3v) is 4.76. The third-order valence-electron chi connectivity index (χ3n) is 4.76. The molecule has 1 aromatic carbocycles. The molecule has 1 aliphatic rings. The topological polar surface area (TPSA) is 88.3 Å². The SMILES string of the molecule is CC1CCCCC1NC(=O)COC(=O)c1cc(=O)[nH]c2ccccc12. The second kappa shape index (κ2) is 7.51. The lowest BCUT2D eigenvalue weighted by molar-refractivity contribution is -0.125. The Morgan fingerprint density at radius 3 is 2.80 bits per heavy atom. The summed E-state index contributed by atoms with van der Waals surface area (Å²) in [5.41, 5.74) is 0.340. The van der Waals surface area contributed by atoms with Crippen LogP contribution in [0.1, 0.15) is 43.0 Å². The predicted octanol–water partition coefficient (Wildman–Crippen LogP) is 2.38. The number of esters is 1. The van der Waals surface area contributed by atoms with Gasteiger partial charge in [-0.15, -0.1) is 0 Å². The number of aromatic amines is 1. The van der Waals surface area contributed by atoms with Crippen LogP contribution in [0.4, 0.5) is 0 Å². The Bertz CT molecular complexity index is 843. The Kier molecular flexibility index (Phi) is 5.16. The lowest BCUT2D eigenvalue weighted by Gasteiger charge is -2.29. The number of pyridine rings is 1. The van der Waals surface area contributed by atoms with Crippen molar-refractivity contribution >= 4 is 22.8 Å². The fourth-order valence-electron chi connectivity index (χ4n) is 3.36. The van der Waals surface area contributed by atoms with E-state index < -0.39 is 5.97 Å². The molecule has 0 radical (unpaired) electrons. The van der Waals surface area contributed by atoms with E-state index in [0.29, 0.717) is 16.8 Å². The van der Waals surface area contributed by atoms with Crippen molar-refractivity contribution in [2.24, 2.45) is 5.92 Å². The summed E-state index contributed by atoms with van der Waals surface area (Å²) in [6.07, 6.45) is 4.36. The zero-order chi connectivity index (χ0) is 17.8. The number of para-hydroxylation sites is 1. The minimum Gasteiger partial charge on any atom is -0.452 e. The van der Waals surface area contributed by atoms with E-state index in [2.05, 4.69) is 17.2 Å². The number of benzene rings is 1. The summed E-state index contributed by atoms with van der Waals surface area (Å²) in [6, 6.07) is 8.32. The van der Waals surface area contributed by atoms with E-state index in [9.17, 15) is 14.4 Å². The number of rotatable bonds is 4. The maximum absolute atomic E-state index is 12.3. The molecule has 2 atom stereocenters. The molecule has 1 fully saturated rings. The van der Waals surface area contributed by atoms with Gasteiger partial charge in [-0.2, -0.15) is 0 Å². The molecule has 2 aromatic rings. The molecule has 1 aliphatic carbocycles. The van der Waals surface area contributed by atoms with Crippen LogP contribution in [-0.4, -0.2) is 29.5 Å². The van der Waals surface area contributed by atoms with Gasteiger partial charge in [0.05, 0.1) is 5.56 Å². The van der Waals surface area contributed by atoms with Gasteiger partial charge in [-0.05, 0) is 24.8 Å². The van der Waals surface area contributed by atoms with Gasteiger partial charge >= 0.3 is 5.97 Å². The van der Waals surface area contributed by atoms with Crippen LogP contribution in [0.2, 0.25) is 0 Å². The van der Waals surface area contributed by atoms with Crippen LogP contribution < -0.4 is 10.9 Å². The number of carbonyl (C=O) groups is 2. The van der Waals surface area contributed by atoms with E-state index in [-0.39, 0.29) is 29.7 Å². The summed E-state index contributed by atoms with van der Waals surface area (Å²) in [5, 5.41) is 3.53. The monoisotopic (exact) mass is 342 g/mol. The molecule has 2 unspecified atom stereocenters. The van der Waals surface area contributed by atoms with Gasteiger partial charge in [0.15, 0.2) is 6.61 Å². The number of carbonyl (C=O) groups excluding carboxylic acids is 2. The molecule has 1 saturated carbocycles. The maximum atomic E-state index is 12.3. The highest BCUT2D eigenvalue weighted by Crippen LogP contribution is 2.23. The van der Waals surface area contributed by atoms with E-state index in [1.54, 1.807) is 24.3 Å². The molecule has 0 spiro atoms. The van der Waals surface area contributed by atoms with Crippen LogP contribution in [-0.2, 0) is 9.53 Å². The van der Waals surface area contributed by atoms with Gasteiger partial charge in [0.1, 0.15) is 0 Å². The molecule has 0 saturated heterocycles. The fraction of sp³-hybridized carbons (Fsp3) is 0.421. The van der Waals surface area contributed by atoms with E-state index in [4.69, 9.17) is 4.74 Å². The van der Waals surface area contributed by atoms with Crippen LogP contribution >= 0.6 is 0 Å². The van der Waals surface area contributed by atoms with Crippen molar-refractivity contribution in [3.8, 4) is 0 Å². The van der Waals surface area contributed by atoms with Crippen LogP contribution in [0.25, 0.3) is 10.9 Å². The normalized spacial score (nSPS) is 20.2. The van der Waals surface area contributed by atoms with Crippen molar-refractivity contribution in [3.63, 3.8) is 0 Å². The van der Waals surface area contributed by atoms with Crippen molar-refractivity contribution in [1.29, 1.82) is 0 Å². The van der Waals surface area contributed by atoms with Crippen molar-refractivity contribution in [2.45, 2.75) is 38.6 Å². The number of fused-ring (bicyclic) bond motifs is 1. The summed E-state index contributed by atoms with van der Waals surface area (Å²) < 4.78 is 5.13. The number of nitrogens with one attached hydrogen (secondary N) is 2. The highest BCUT2D eigenvalue weighted by atomic mass is 16.5. The molecule has 25 heavy (non-hydrogen) atoms. The van der Waals surface area contributed by atoms with Crippen LogP contribution in [0.3, 0.4) is 0 Å². The summed E-state index contributed by atoms with van der Waals surface area (Å²) in [6.45, 7) is 1.78. The van der Waals surface area contributed by atoms with Gasteiger partial charge in [0.2, 0.25) is 5.56 Å². The second-order valence-electron chi connectivity index (χ2n) is 6.60. The standard InChI is InChI=1S/C19H22N2O4/c1-12-6-2-4-8-15(12)20-18(23)11-25-19(24)14-10-17(22)21-16-9-5-3-7-13(14)16/h3,5,7,9-10,12,15H,2,4,6,8,11H2,1H3,(H,20,23)(H,21,22). The van der Waals surface area contributed by atoms with E-state index in [0.717, 1.165) is 19.3 Å². The van der Waals surface area contributed by atoms with Crippen molar-refractivity contribution in [3.05, 3.63) is 46.2 Å². The minimum absolute atomic E-state index is 0.139. The van der Waals surface area contributed by atoms with Gasteiger partial charge in [-0.1, -0.05) is 38.0 Å². The summed E-state index contributed by atoms with van der Waals surface area (Å²) in [5.74, 6) is -0.541. The first-order valence-corrected chi connectivity index (χ1v) is 8.63. The quantitative estimate of drug-likeness (QED) is 0.835. The third kappa shape index (κ3) is 4.07. The zero-order valence-electron chi connectivity index (χ0n) is 14.2. The number of aromatic nitrogens is 1. The Balaban J connectivity index is 1.65. The lowest BCUT2D eigenvalue weighted by Crippen LogP contribution is -2.42. The number of amides is 1. The van der Waals surface area contributed by atoms with E-state index in [1.165, 1.54) is 12.5 Å². The Morgan fingerprint density at radius 2 is 2.00 bits per heavy atom. The first-order valence-electron chi connectivity index (χ1n) is 8.63. The Labute approximate surface area is 145 Å². The Hall–Kier alpha value is -2.63. The molecule has 6 nitrogen and oxygen atoms in total. The lowest BCUT2D eigenvalue weighted by atomic mass is 9.86. The molecule has 1 aromatic heterocycles. The molecular weight excluding hydrogens is 320 g/mol. The average Bonchev–Trinajstić information content (AvgIpc) is 2.61. The number of hydrogen-bond acceptors (Lipinski definition) is 4. The van der Waals surface area contributed by atoms with E-state index >= 15 is 0 Å². The van der Waals surface area contributed by atoms with Crippen LogP contribution in [0.15, 0.2) is 35.1 Å². The van der Waals surface area contributed by atoms with Crippen LogP contribution in [0, 0.1) is 5.92 Å². The molecule has 6 heteroatoms.